The highest BCUT2D eigenvalue weighted by Gasteiger charge is 2.34. The van der Waals surface area contributed by atoms with Gasteiger partial charge in [0.25, 0.3) is 0 Å². The van der Waals surface area contributed by atoms with Crippen LogP contribution in [0.25, 0.3) is 10.8 Å². The summed E-state index contributed by atoms with van der Waals surface area (Å²) in [6.45, 7) is 7.19. The van der Waals surface area contributed by atoms with Crippen molar-refractivity contribution in [1.29, 1.82) is 0 Å². The molecule has 192 valence electrons. The second kappa shape index (κ2) is 11.9. The molecule has 2 atom stereocenters. The van der Waals surface area contributed by atoms with Gasteiger partial charge in [-0.3, -0.25) is 0 Å². The molecule has 0 bridgehead atoms. The van der Waals surface area contributed by atoms with E-state index >= 15 is 0 Å². The number of hydrogen-bond donors (Lipinski definition) is 1. The number of aryl methyl sites for hydroxylation is 1. The monoisotopic (exact) mass is 491 g/mol. The van der Waals surface area contributed by atoms with Crippen molar-refractivity contribution in [3.8, 4) is 0 Å². The molecule has 0 aliphatic carbocycles. The summed E-state index contributed by atoms with van der Waals surface area (Å²) in [5, 5.41) is 13.2. The van der Waals surface area contributed by atoms with E-state index in [4.69, 9.17) is 19.4 Å². The first-order chi connectivity index (χ1) is 17.3. The van der Waals surface area contributed by atoms with Gasteiger partial charge in [-0.25, -0.2) is 4.79 Å². The highest BCUT2D eigenvalue weighted by atomic mass is 16.8. The predicted molar refractivity (Wildman–Crippen MR) is 141 cm³/mol. The van der Waals surface area contributed by atoms with Gasteiger partial charge in [-0.2, -0.15) is 0 Å². The van der Waals surface area contributed by atoms with Crippen LogP contribution in [0, 0.1) is 0 Å². The minimum absolute atomic E-state index is 0.157. The van der Waals surface area contributed by atoms with Gasteiger partial charge >= 0.3 is 6.16 Å². The largest absolute Gasteiger partial charge is 0.528 e. The van der Waals surface area contributed by atoms with Gasteiger partial charge in [0.15, 0.2) is 0 Å². The number of hydrogen-bond acceptors (Lipinski definition) is 6. The summed E-state index contributed by atoms with van der Waals surface area (Å²) >= 11 is 0. The minimum atomic E-state index is -0.692. The van der Waals surface area contributed by atoms with Crippen LogP contribution in [0.15, 0.2) is 66.7 Å². The van der Waals surface area contributed by atoms with Crippen molar-refractivity contribution >= 4 is 16.9 Å². The van der Waals surface area contributed by atoms with Crippen molar-refractivity contribution in [2.24, 2.45) is 0 Å². The van der Waals surface area contributed by atoms with Gasteiger partial charge in [0.2, 0.25) is 0 Å². The topological polar surface area (TPSA) is 68.2 Å². The number of aliphatic hydroxyl groups is 1. The Morgan fingerprint density at radius 1 is 1.00 bits per heavy atom. The van der Waals surface area contributed by atoms with E-state index in [1.54, 1.807) is 5.06 Å². The van der Waals surface area contributed by atoms with Crippen LogP contribution in [-0.4, -0.2) is 47.7 Å². The molecule has 1 heterocycles. The number of nitrogens with zero attached hydrogens (tertiary/aromatic N) is 1. The van der Waals surface area contributed by atoms with E-state index in [2.05, 4.69) is 54.6 Å². The lowest BCUT2D eigenvalue weighted by molar-refractivity contribution is -0.179. The van der Waals surface area contributed by atoms with Crippen molar-refractivity contribution in [2.45, 2.75) is 64.3 Å². The Kier molecular flexibility index (Phi) is 8.62. The summed E-state index contributed by atoms with van der Waals surface area (Å²) in [6, 6.07) is 23.3. The molecule has 0 aromatic heterocycles. The first-order valence-electron chi connectivity index (χ1n) is 12.8. The fraction of sp³-hybridized carbons (Fsp3) is 0.433. The van der Waals surface area contributed by atoms with Gasteiger partial charge in [-0.15, -0.1) is 5.06 Å². The molecule has 0 amide bonds. The summed E-state index contributed by atoms with van der Waals surface area (Å²) in [7, 11) is 0. The Balaban J connectivity index is 1.47. The third-order valence-corrected chi connectivity index (χ3v) is 6.42. The fourth-order valence-electron chi connectivity index (χ4n) is 4.64. The number of rotatable bonds is 8. The smallest absolute Gasteiger partial charge is 0.427 e. The highest BCUT2D eigenvalue weighted by molar-refractivity contribution is 5.82. The van der Waals surface area contributed by atoms with Gasteiger partial charge in [0.05, 0.1) is 19.3 Å². The van der Waals surface area contributed by atoms with Crippen molar-refractivity contribution in [3.05, 3.63) is 83.4 Å². The highest BCUT2D eigenvalue weighted by Crippen LogP contribution is 2.32. The fourth-order valence-corrected chi connectivity index (χ4v) is 4.64. The van der Waals surface area contributed by atoms with E-state index in [1.807, 2.05) is 32.9 Å². The molecule has 1 N–H and O–H groups in total. The van der Waals surface area contributed by atoms with Crippen molar-refractivity contribution in [2.75, 3.05) is 19.7 Å². The second-order valence-electron chi connectivity index (χ2n) is 10.4. The average Bonchev–Trinajstić information content (AvgIpc) is 2.85. The van der Waals surface area contributed by atoms with E-state index in [-0.39, 0.29) is 18.6 Å². The number of ether oxygens (including phenoxy) is 2. The molecule has 3 aromatic carbocycles. The molecule has 6 heteroatoms. The summed E-state index contributed by atoms with van der Waals surface area (Å²) in [6.07, 6.45) is 1.57. The van der Waals surface area contributed by atoms with E-state index in [0.717, 1.165) is 24.8 Å². The van der Waals surface area contributed by atoms with Crippen molar-refractivity contribution in [1.82, 2.24) is 5.06 Å². The first kappa shape index (κ1) is 26.1. The number of aliphatic hydroxyl groups excluding tert-OH is 1. The summed E-state index contributed by atoms with van der Waals surface area (Å²) in [5.41, 5.74) is 2.92. The summed E-state index contributed by atoms with van der Waals surface area (Å²) < 4.78 is 11.8. The van der Waals surface area contributed by atoms with E-state index < -0.39 is 11.8 Å². The average molecular weight is 492 g/mol. The van der Waals surface area contributed by atoms with Crippen LogP contribution in [0.1, 0.15) is 56.2 Å². The summed E-state index contributed by atoms with van der Waals surface area (Å²) in [4.78, 5) is 17.8. The zero-order valence-electron chi connectivity index (χ0n) is 21.5. The summed E-state index contributed by atoms with van der Waals surface area (Å²) in [5.74, 6) is 0.177. The molecule has 1 saturated heterocycles. The predicted octanol–water partition coefficient (Wildman–Crippen LogP) is 6.01. The number of fused-ring (bicyclic) bond motifs is 1. The van der Waals surface area contributed by atoms with Gasteiger partial charge in [-0.05, 0) is 73.6 Å². The van der Waals surface area contributed by atoms with Crippen LogP contribution in [0.2, 0.25) is 0 Å². The lowest BCUT2D eigenvalue weighted by Gasteiger charge is -2.37. The number of benzene rings is 3. The Labute approximate surface area is 213 Å². The molecule has 0 spiro atoms. The van der Waals surface area contributed by atoms with Crippen LogP contribution in [0.5, 0.6) is 0 Å². The standard InChI is InChI=1S/C30H37NO5/c1-30(2,3)35-29(33)36-31-17-16-27(25-14-10-22(11-15-25)7-6-18-32)28(20-31)34-21-23-12-13-24-8-4-5-9-26(24)19-23/h4-5,8-15,19,27-28,32H,6-7,16-18,20-21H2,1-3H3. The van der Waals surface area contributed by atoms with Gasteiger partial charge in [-0.1, -0.05) is 60.7 Å². The van der Waals surface area contributed by atoms with Crippen molar-refractivity contribution < 1.29 is 24.2 Å². The zero-order chi connectivity index (χ0) is 25.5. The molecule has 2 unspecified atom stereocenters. The van der Waals surface area contributed by atoms with Gasteiger partial charge < -0.3 is 19.4 Å². The maximum Gasteiger partial charge on any atom is 0.528 e. The lowest BCUT2D eigenvalue weighted by Crippen LogP contribution is -2.45. The Hall–Kier alpha value is -2.93. The number of carbonyl (C=O) groups excluding carboxylic acids is 1. The maximum absolute atomic E-state index is 12.3. The molecule has 6 nitrogen and oxygen atoms in total. The molecule has 0 saturated carbocycles. The quantitative estimate of drug-likeness (QED) is 0.390. The molecule has 1 aliphatic rings. The van der Waals surface area contributed by atoms with Gasteiger partial charge in [0.1, 0.15) is 5.60 Å². The number of hydroxylamine groups is 2. The molecule has 3 aromatic rings. The molecule has 0 radical (unpaired) electrons. The molecule has 4 rings (SSSR count). The van der Waals surface area contributed by atoms with Crippen LogP contribution >= 0.6 is 0 Å². The Bertz CT molecular complexity index is 1140. The second-order valence-corrected chi connectivity index (χ2v) is 10.4. The van der Waals surface area contributed by atoms with Crippen molar-refractivity contribution in [3.63, 3.8) is 0 Å². The van der Waals surface area contributed by atoms with E-state index in [0.29, 0.717) is 19.7 Å². The maximum atomic E-state index is 12.3. The van der Waals surface area contributed by atoms with E-state index in [9.17, 15) is 4.79 Å². The Morgan fingerprint density at radius 2 is 1.72 bits per heavy atom. The number of piperidine rings is 1. The third kappa shape index (κ3) is 7.29. The zero-order valence-corrected chi connectivity index (χ0v) is 21.5. The Morgan fingerprint density at radius 3 is 2.44 bits per heavy atom. The van der Waals surface area contributed by atoms with Crippen LogP contribution < -0.4 is 0 Å². The minimum Gasteiger partial charge on any atom is -0.427 e. The molecular weight excluding hydrogens is 454 g/mol. The SMILES string of the molecule is CC(C)(C)OC(=O)ON1CCC(c2ccc(CCCO)cc2)C(OCc2ccc3ccccc3c2)C1. The third-order valence-electron chi connectivity index (χ3n) is 6.42. The van der Waals surface area contributed by atoms with E-state index in [1.165, 1.54) is 21.9 Å². The molecule has 36 heavy (non-hydrogen) atoms. The molecule has 1 fully saturated rings. The van der Waals surface area contributed by atoms with Gasteiger partial charge in [0, 0.05) is 19.1 Å². The normalized spacial score (nSPS) is 18.8. The molecular formula is C30H37NO5. The van der Waals surface area contributed by atoms with Crippen LogP contribution in [0.4, 0.5) is 4.79 Å². The van der Waals surface area contributed by atoms with Crippen LogP contribution in [-0.2, 0) is 27.3 Å². The first-order valence-corrected chi connectivity index (χ1v) is 12.8. The number of carbonyl (C=O) groups is 1. The van der Waals surface area contributed by atoms with Crippen LogP contribution in [0.3, 0.4) is 0 Å². The lowest BCUT2D eigenvalue weighted by atomic mass is 9.87. The molecule has 1 aliphatic heterocycles.